The standard InChI is InChI=1S/C23H23N5O/c1-15-25-21-18(6-4-11-24-21)22(26-15)28-12-9-23(10-13-28)20-17(8-14-29-23)16-5-2-3-7-19(16)27-20/h2-7,11,27H,8-10,12-14H2,1H3. The van der Waals surface area contributed by atoms with E-state index in [4.69, 9.17) is 9.72 Å². The zero-order valence-electron chi connectivity index (χ0n) is 16.5. The fourth-order valence-corrected chi connectivity index (χ4v) is 5.04. The first-order valence-corrected chi connectivity index (χ1v) is 10.3. The maximum atomic E-state index is 6.45. The highest BCUT2D eigenvalue weighted by molar-refractivity contribution is 5.87. The van der Waals surface area contributed by atoms with E-state index in [0.29, 0.717) is 0 Å². The predicted octanol–water partition coefficient (Wildman–Crippen LogP) is 3.88. The monoisotopic (exact) mass is 385 g/mol. The molecular weight excluding hydrogens is 362 g/mol. The number of nitrogens with zero attached hydrogens (tertiary/aromatic N) is 4. The molecule has 6 nitrogen and oxygen atoms in total. The molecule has 6 heteroatoms. The van der Waals surface area contributed by atoms with Gasteiger partial charge in [-0.2, -0.15) is 0 Å². The molecule has 1 spiro atoms. The highest BCUT2D eigenvalue weighted by Crippen LogP contribution is 2.44. The van der Waals surface area contributed by atoms with Crippen molar-refractivity contribution in [3.05, 3.63) is 59.7 Å². The number of aromatic nitrogens is 4. The van der Waals surface area contributed by atoms with Gasteiger partial charge in [-0.3, -0.25) is 0 Å². The van der Waals surface area contributed by atoms with E-state index in [1.807, 2.05) is 13.0 Å². The number of fused-ring (bicyclic) bond motifs is 5. The van der Waals surface area contributed by atoms with Gasteiger partial charge in [-0.25, -0.2) is 15.0 Å². The van der Waals surface area contributed by atoms with Crippen molar-refractivity contribution in [3.63, 3.8) is 0 Å². The van der Waals surface area contributed by atoms with E-state index in [1.54, 1.807) is 6.20 Å². The minimum absolute atomic E-state index is 0.223. The number of piperidine rings is 1. The quantitative estimate of drug-likeness (QED) is 0.539. The number of hydrogen-bond donors (Lipinski definition) is 1. The molecule has 0 unspecified atom stereocenters. The lowest BCUT2D eigenvalue weighted by Crippen LogP contribution is -2.47. The van der Waals surface area contributed by atoms with Crippen molar-refractivity contribution in [2.24, 2.45) is 0 Å². The summed E-state index contributed by atoms with van der Waals surface area (Å²) < 4.78 is 6.45. The molecule has 29 heavy (non-hydrogen) atoms. The first-order chi connectivity index (χ1) is 14.2. The first kappa shape index (κ1) is 16.9. The first-order valence-electron chi connectivity index (χ1n) is 10.3. The number of H-pyrrole nitrogens is 1. The lowest BCUT2D eigenvalue weighted by atomic mass is 9.83. The topological polar surface area (TPSA) is 66.9 Å². The Labute approximate surface area is 169 Å². The third-order valence-corrected chi connectivity index (χ3v) is 6.43. The summed E-state index contributed by atoms with van der Waals surface area (Å²) in [5.74, 6) is 1.75. The second kappa shape index (κ2) is 6.26. The third-order valence-electron chi connectivity index (χ3n) is 6.43. The van der Waals surface area contributed by atoms with Crippen LogP contribution in [-0.2, 0) is 16.8 Å². The normalized spacial score (nSPS) is 18.4. The molecule has 1 saturated heterocycles. The molecule has 0 bridgehead atoms. The molecule has 3 aromatic heterocycles. The van der Waals surface area contributed by atoms with Crippen LogP contribution in [0.5, 0.6) is 0 Å². The van der Waals surface area contributed by atoms with E-state index < -0.39 is 0 Å². The van der Waals surface area contributed by atoms with Crippen LogP contribution in [0.2, 0.25) is 0 Å². The molecule has 5 heterocycles. The zero-order chi connectivity index (χ0) is 19.4. The highest BCUT2D eigenvalue weighted by Gasteiger charge is 2.43. The van der Waals surface area contributed by atoms with Gasteiger partial charge in [0.05, 0.1) is 17.7 Å². The van der Waals surface area contributed by atoms with Crippen LogP contribution in [0.15, 0.2) is 42.6 Å². The molecule has 0 aliphatic carbocycles. The number of rotatable bonds is 1. The van der Waals surface area contributed by atoms with E-state index in [2.05, 4.69) is 50.2 Å². The largest absolute Gasteiger partial charge is 0.368 e. The SMILES string of the molecule is Cc1nc(N2CCC3(CC2)OCCc2c3[nH]c3ccccc23)c2cccnc2n1. The average Bonchev–Trinajstić information content (AvgIpc) is 3.14. The maximum absolute atomic E-state index is 6.45. The van der Waals surface area contributed by atoms with Gasteiger partial charge in [0.1, 0.15) is 17.2 Å². The van der Waals surface area contributed by atoms with E-state index in [-0.39, 0.29) is 5.60 Å². The second-order valence-electron chi connectivity index (χ2n) is 8.07. The number of hydrogen-bond acceptors (Lipinski definition) is 5. The molecule has 0 radical (unpaired) electrons. The lowest BCUT2D eigenvalue weighted by molar-refractivity contribution is -0.0790. The van der Waals surface area contributed by atoms with Crippen molar-refractivity contribution in [2.75, 3.05) is 24.6 Å². The Kier molecular flexibility index (Phi) is 3.65. The van der Waals surface area contributed by atoms with Crippen LogP contribution in [-0.4, -0.2) is 39.6 Å². The van der Waals surface area contributed by atoms with Gasteiger partial charge in [0.2, 0.25) is 0 Å². The molecule has 2 aliphatic heterocycles. The second-order valence-corrected chi connectivity index (χ2v) is 8.07. The molecule has 1 fully saturated rings. The number of anilines is 1. The van der Waals surface area contributed by atoms with Crippen LogP contribution in [0, 0.1) is 6.92 Å². The fraction of sp³-hybridized carbons (Fsp3) is 0.348. The summed E-state index contributed by atoms with van der Waals surface area (Å²) in [6.07, 6.45) is 4.65. The summed E-state index contributed by atoms with van der Waals surface area (Å²) in [5, 5.41) is 2.36. The van der Waals surface area contributed by atoms with Crippen molar-refractivity contribution in [2.45, 2.75) is 31.8 Å². The molecular formula is C23H23N5O. The number of ether oxygens (including phenoxy) is 1. The van der Waals surface area contributed by atoms with Gasteiger partial charge >= 0.3 is 0 Å². The summed E-state index contributed by atoms with van der Waals surface area (Å²) in [7, 11) is 0. The number of nitrogens with one attached hydrogen (secondary N) is 1. The van der Waals surface area contributed by atoms with Crippen molar-refractivity contribution in [1.29, 1.82) is 0 Å². The Bertz CT molecular complexity index is 1220. The van der Waals surface area contributed by atoms with Crippen LogP contribution >= 0.6 is 0 Å². The van der Waals surface area contributed by atoms with Crippen LogP contribution in [0.1, 0.15) is 29.9 Å². The minimum atomic E-state index is -0.223. The van der Waals surface area contributed by atoms with Crippen molar-refractivity contribution >= 4 is 27.8 Å². The number of aromatic amines is 1. The molecule has 2 aliphatic rings. The Hall–Kier alpha value is -2.99. The summed E-state index contributed by atoms with van der Waals surface area (Å²) in [4.78, 5) is 19.7. The molecule has 1 N–H and O–H groups in total. The molecule has 0 saturated carbocycles. The summed E-state index contributed by atoms with van der Waals surface area (Å²) in [6, 6.07) is 12.6. The van der Waals surface area contributed by atoms with E-state index in [0.717, 1.165) is 61.6 Å². The van der Waals surface area contributed by atoms with Gasteiger partial charge < -0.3 is 14.6 Å². The summed E-state index contributed by atoms with van der Waals surface area (Å²) in [5.41, 5.74) is 4.48. The Morgan fingerprint density at radius 3 is 2.76 bits per heavy atom. The average molecular weight is 385 g/mol. The van der Waals surface area contributed by atoms with E-state index >= 15 is 0 Å². The van der Waals surface area contributed by atoms with Crippen LogP contribution < -0.4 is 4.90 Å². The van der Waals surface area contributed by atoms with Crippen LogP contribution in [0.25, 0.3) is 21.9 Å². The fourth-order valence-electron chi connectivity index (χ4n) is 5.04. The number of pyridine rings is 1. The number of para-hydroxylation sites is 1. The summed E-state index contributed by atoms with van der Waals surface area (Å²) in [6.45, 7) is 4.52. The van der Waals surface area contributed by atoms with Gasteiger partial charge in [0.15, 0.2) is 5.65 Å². The Morgan fingerprint density at radius 2 is 1.86 bits per heavy atom. The maximum Gasteiger partial charge on any atom is 0.164 e. The van der Waals surface area contributed by atoms with Gasteiger partial charge in [-0.15, -0.1) is 0 Å². The lowest BCUT2D eigenvalue weighted by Gasteiger charge is -2.44. The molecule has 0 amide bonds. The van der Waals surface area contributed by atoms with Gasteiger partial charge in [0, 0.05) is 30.2 Å². The van der Waals surface area contributed by atoms with Crippen molar-refractivity contribution in [3.8, 4) is 0 Å². The summed E-state index contributed by atoms with van der Waals surface area (Å²) >= 11 is 0. The van der Waals surface area contributed by atoms with Gasteiger partial charge in [0.25, 0.3) is 0 Å². The number of aryl methyl sites for hydroxylation is 1. The molecule has 1 aromatic carbocycles. The van der Waals surface area contributed by atoms with Crippen molar-refractivity contribution in [1.82, 2.24) is 19.9 Å². The van der Waals surface area contributed by atoms with E-state index in [9.17, 15) is 0 Å². The molecule has 6 rings (SSSR count). The minimum Gasteiger partial charge on any atom is -0.368 e. The van der Waals surface area contributed by atoms with Crippen LogP contribution in [0.4, 0.5) is 5.82 Å². The smallest absolute Gasteiger partial charge is 0.164 e. The molecule has 4 aromatic rings. The van der Waals surface area contributed by atoms with Gasteiger partial charge in [-0.1, -0.05) is 18.2 Å². The molecule has 146 valence electrons. The van der Waals surface area contributed by atoms with Crippen molar-refractivity contribution < 1.29 is 4.74 Å². The highest BCUT2D eigenvalue weighted by atomic mass is 16.5. The zero-order valence-corrected chi connectivity index (χ0v) is 16.5. The molecule has 0 atom stereocenters. The number of benzene rings is 1. The van der Waals surface area contributed by atoms with Gasteiger partial charge in [-0.05, 0) is 49.9 Å². The van der Waals surface area contributed by atoms with Crippen LogP contribution in [0.3, 0.4) is 0 Å². The predicted molar refractivity (Wildman–Crippen MR) is 113 cm³/mol. The van der Waals surface area contributed by atoms with E-state index in [1.165, 1.54) is 22.2 Å². The Morgan fingerprint density at radius 1 is 1.03 bits per heavy atom. The third kappa shape index (κ3) is 2.55. The Balaban J connectivity index is 1.36.